The molecule has 0 radical (unpaired) electrons. The maximum Gasteiger partial charge on any atom is 0.248 e. The fraction of sp³-hybridized carbons (Fsp3) is 0.0556. The first kappa shape index (κ1) is 18.1. The number of nitrogens with one attached hydrogen (secondary N) is 1. The number of benzene rings is 1. The number of nitrogens with zero attached hydrogens (tertiary/aromatic N) is 6. The number of rotatable bonds is 5. The van der Waals surface area contributed by atoms with Gasteiger partial charge in [0.05, 0.1) is 27.0 Å². The van der Waals surface area contributed by atoms with Crippen LogP contribution in [-0.2, 0) is 6.54 Å². The summed E-state index contributed by atoms with van der Waals surface area (Å²) in [4.78, 5) is 4.41. The minimum absolute atomic E-state index is 0.353. The van der Waals surface area contributed by atoms with E-state index in [1.54, 1.807) is 30.5 Å². The Balaban J connectivity index is 1.62. The van der Waals surface area contributed by atoms with Crippen LogP contribution < -0.4 is 10.0 Å². The van der Waals surface area contributed by atoms with Gasteiger partial charge in [0.1, 0.15) is 0 Å². The predicted octanol–water partition coefficient (Wildman–Crippen LogP) is 3.28. The second kappa shape index (κ2) is 7.79. The van der Waals surface area contributed by atoms with Crippen LogP contribution >= 0.6 is 23.2 Å². The Kier molecular flexibility index (Phi) is 5.05. The third-order valence-corrected chi connectivity index (χ3v) is 4.81. The number of hydrogen-bond donors (Lipinski definition) is 1. The van der Waals surface area contributed by atoms with Gasteiger partial charge < -0.3 is 10.5 Å². The van der Waals surface area contributed by atoms with Crippen molar-refractivity contribution in [2.75, 3.05) is 5.32 Å². The van der Waals surface area contributed by atoms with Gasteiger partial charge in [-0.05, 0) is 40.3 Å². The molecule has 0 aliphatic rings. The number of anilines is 1. The molecule has 4 rings (SSSR count). The van der Waals surface area contributed by atoms with Crippen LogP contribution in [-0.4, -0.2) is 25.2 Å². The van der Waals surface area contributed by atoms with Gasteiger partial charge in [0.2, 0.25) is 5.95 Å². The van der Waals surface area contributed by atoms with Crippen molar-refractivity contribution in [3.8, 4) is 16.9 Å². The van der Waals surface area contributed by atoms with E-state index in [1.165, 1.54) is 17.1 Å². The summed E-state index contributed by atoms with van der Waals surface area (Å²) in [6.45, 7) is 0.384. The number of pyridine rings is 2. The molecule has 140 valence electrons. The van der Waals surface area contributed by atoms with Gasteiger partial charge in [-0.3, -0.25) is 4.98 Å². The molecular weight excluding hydrogens is 401 g/mol. The van der Waals surface area contributed by atoms with Gasteiger partial charge in [-0.15, -0.1) is 0 Å². The van der Waals surface area contributed by atoms with Crippen molar-refractivity contribution in [1.29, 1.82) is 0 Å². The average molecular weight is 414 g/mol. The van der Waals surface area contributed by atoms with Crippen LogP contribution in [0.25, 0.3) is 16.9 Å². The summed E-state index contributed by atoms with van der Waals surface area (Å²) in [5.41, 5.74) is 2.84. The van der Waals surface area contributed by atoms with E-state index in [0.29, 0.717) is 39.5 Å². The molecule has 0 aliphatic heterocycles. The predicted molar refractivity (Wildman–Crippen MR) is 105 cm³/mol. The molecule has 0 saturated carbocycles. The van der Waals surface area contributed by atoms with Gasteiger partial charge in [-0.1, -0.05) is 40.4 Å². The molecule has 1 aromatic carbocycles. The third kappa shape index (κ3) is 3.60. The summed E-state index contributed by atoms with van der Waals surface area (Å²) >= 11 is 12.4. The lowest BCUT2D eigenvalue weighted by Crippen LogP contribution is -2.24. The highest BCUT2D eigenvalue weighted by Gasteiger charge is 2.14. The van der Waals surface area contributed by atoms with Gasteiger partial charge in [0, 0.05) is 18.8 Å². The van der Waals surface area contributed by atoms with Crippen molar-refractivity contribution in [3.63, 3.8) is 0 Å². The summed E-state index contributed by atoms with van der Waals surface area (Å²) in [6.07, 6.45) is 4.58. The second-order valence-corrected chi connectivity index (χ2v) is 6.59. The van der Waals surface area contributed by atoms with Gasteiger partial charge in [-0.25, -0.2) is 0 Å². The number of halogens is 2. The van der Waals surface area contributed by atoms with E-state index in [9.17, 15) is 5.21 Å². The van der Waals surface area contributed by atoms with Crippen molar-refractivity contribution in [2.24, 2.45) is 0 Å². The maximum atomic E-state index is 11.6. The highest BCUT2D eigenvalue weighted by molar-refractivity contribution is 6.43. The summed E-state index contributed by atoms with van der Waals surface area (Å²) < 4.78 is 2.21. The zero-order chi connectivity index (χ0) is 19.5. The zero-order valence-electron chi connectivity index (χ0n) is 14.3. The van der Waals surface area contributed by atoms with Gasteiger partial charge in [-0.2, -0.15) is 9.41 Å². The van der Waals surface area contributed by atoms with E-state index in [0.717, 1.165) is 10.3 Å². The molecule has 0 unspecified atom stereocenters. The molecule has 0 amide bonds. The lowest BCUT2D eigenvalue weighted by molar-refractivity contribution is -0.604. The molecule has 0 bridgehead atoms. The van der Waals surface area contributed by atoms with Crippen LogP contribution in [0.5, 0.6) is 0 Å². The van der Waals surface area contributed by atoms with E-state index >= 15 is 0 Å². The Bertz CT molecular complexity index is 1130. The zero-order valence-corrected chi connectivity index (χ0v) is 15.8. The monoisotopic (exact) mass is 413 g/mol. The average Bonchev–Trinajstić information content (AvgIpc) is 3.17. The van der Waals surface area contributed by atoms with Crippen molar-refractivity contribution >= 4 is 29.2 Å². The van der Waals surface area contributed by atoms with Crippen molar-refractivity contribution in [2.45, 2.75) is 6.54 Å². The maximum absolute atomic E-state index is 11.6. The first-order valence-electron chi connectivity index (χ1n) is 8.23. The molecule has 0 spiro atoms. The number of hydrogen-bond acceptors (Lipinski definition) is 6. The van der Waals surface area contributed by atoms with Gasteiger partial charge in [0.15, 0.2) is 12.4 Å². The Hall–Kier alpha value is -3.23. The van der Waals surface area contributed by atoms with Crippen molar-refractivity contribution < 1.29 is 4.73 Å². The second-order valence-electron chi connectivity index (χ2n) is 5.80. The largest absolute Gasteiger partial charge is 0.619 e. The highest BCUT2D eigenvalue weighted by Crippen LogP contribution is 2.29. The van der Waals surface area contributed by atoms with Crippen LogP contribution in [0, 0.1) is 5.21 Å². The van der Waals surface area contributed by atoms with Crippen LogP contribution in [0.1, 0.15) is 5.56 Å². The Morgan fingerprint density at radius 1 is 1.11 bits per heavy atom. The lowest BCUT2D eigenvalue weighted by atomic mass is 10.1. The topological polar surface area (TPSA) is 95.5 Å². The molecule has 3 heterocycles. The van der Waals surface area contributed by atoms with E-state index in [2.05, 4.69) is 25.8 Å². The molecule has 3 aromatic heterocycles. The first-order chi connectivity index (χ1) is 13.6. The molecular formula is C18H13Cl2N7O. The summed E-state index contributed by atoms with van der Waals surface area (Å²) in [7, 11) is 0. The fourth-order valence-electron chi connectivity index (χ4n) is 2.73. The molecule has 0 saturated heterocycles. The molecule has 1 N–H and O–H groups in total. The smallest absolute Gasteiger partial charge is 0.248 e. The molecule has 0 atom stereocenters. The van der Waals surface area contributed by atoms with E-state index in [1.807, 2.05) is 18.2 Å². The van der Waals surface area contributed by atoms with Crippen LogP contribution in [0.3, 0.4) is 0 Å². The molecule has 4 aromatic rings. The normalized spacial score (nSPS) is 10.8. The minimum Gasteiger partial charge on any atom is -0.619 e. The van der Waals surface area contributed by atoms with E-state index < -0.39 is 0 Å². The van der Waals surface area contributed by atoms with Crippen molar-refractivity contribution in [1.82, 2.24) is 25.2 Å². The highest BCUT2D eigenvalue weighted by atomic mass is 35.5. The Labute approximate surface area is 170 Å². The quantitative estimate of drug-likeness (QED) is 0.398. The number of aromatic nitrogens is 6. The van der Waals surface area contributed by atoms with Crippen LogP contribution in [0.15, 0.2) is 61.1 Å². The van der Waals surface area contributed by atoms with E-state index in [4.69, 9.17) is 23.2 Å². The number of tetrazole rings is 1. The molecule has 0 fully saturated rings. The Morgan fingerprint density at radius 2 is 2.00 bits per heavy atom. The summed E-state index contributed by atoms with van der Waals surface area (Å²) in [5, 5.41) is 27.2. The molecule has 28 heavy (non-hydrogen) atoms. The molecule has 10 heteroatoms. The van der Waals surface area contributed by atoms with Gasteiger partial charge >= 0.3 is 0 Å². The summed E-state index contributed by atoms with van der Waals surface area (Å²) in [6, 6.07) is 12.5. The third-order valence-electron chi connectivity index (χ3n) is 4.01. The Morgan fingerprint density at radius 3 is 2.86 bits per heavy atom. The first-order valence-corrected chi connectivity index (χ1v) is 8.99. The van der Waals surface area contributed by atoms with E-state index in [-0.39, 0.29) is 0 Å². The van der Waals surface area contributed by atoms with Gasteiger partial charge in [0.25, 0.3) is 0 Å². The lowest BCUT2D eigenvalue weighted by Gasteiger charge is -2.11. The van der Waals surface area contributed by atoms with Crippen molar-refractivity contribution in [3.05, 3.63) is 81.9 Å². The standard InChI is InChI=1S/C18H13Cl2N7O/c19-14-6-1-7-15(16(14)20)27-18(23-24-25-27)22-10-12-4-2-8-21-17(12)13-5-3-9-26(28)11-13/h1-9,11H,10H2,(H,22,23,25). The van der Waals surface area contributed by atoms with Crippen LogP contribution in [0.2, 0.25) is 10.0 Å². The fourth-order valence-corrected chi connectivity index (χ4v) is 3.10. The minimum atomic E-state index is 0.353. The molecule has 0 aliphatic carbocycles. The SMILES string of the molecule is [O-][n+]1cccc(-c2ncccc2CNc2nnnn2-c2cccc(Cl)c2Cl)c1. The summed E-state index contributed by atoms with van der Waals surface area (Å²) in [5.74, 6) is 0.394. The van der Waals surface area contributed by atoms with Crippen LogP contribution in [0.4, 0.5) is 5.95 Å². The molecule has 8 nitrogen and oxygen atoms in total.